The smallest absolute Gasteiger partial charge is 0.171 e. The van der Waals surface area contributed by atoms with Crippen molar-refractivity contribution in [3.8, 4) is 0 Å². The quantitative estimate of drug-likeness (QED) is 0.793. The molecule has 2 fully saturated rings. The van der Waals surface area contributed by atoms with Gasteiger partial charge in [-0.3, -0.25) is 9.97 Å². The number of aromatic nitrogens is 2. The van der Waals surface area contributed by atoms with Gasteiger partial charge in [-0.15, -0.1) is 0 Å². The molecule has 0 atom stereocenters. The molecule has 104 valence electrons. The molecular weight excluding hydrogens is 254 g/mol. The summed E-state index contributed by atoms with van der Waals surface area (Å²) in [6, 6.07) is 6.26. The van der Waals surface area contributed by atoms with Crippen molar-refractivity contribution in [1.82, 2.24) is 9.97 Å². The molecule has 2 saturated heterocycles. The van der Waals surface area contributed by atoms with Gasteiger partial charge in [0.25, 0.3) is 0 Å². The normalized spacial score (nSPS) is 21.7. The van der Waals surface area contributed by atoms with E-state index in [9.17, 15) is 0 Å². The van der Waals surface area contributed by atoms with Gasteiger partial charge < -0.3 is 14.4 Å². The van der Waals surface area contributed by atoms with Crippen molar-refractivity contribution in [1.29, 1.82) is 0 Å². The van der Waals surface area contributed by atoms with Gasteiger partial charge in [-0.05, 0) is 18.2 Å². The van der Waals surface area contributed by atoms with Crippen molar-refractivity contribution in [2.75, 3.05) is 31.2 Å². The average Bonchev–Trinajstić information content (AvgIpc) is 2.96. The first-order valence-corrected chi connectivity index (χ1v) is 7.08. The van der Waals surface area contributed by atoms with Gasteiger partial charge in [0.1, 0.15) is 0 Å². The molecule has 5 nitrogen and oxygen atoms in total. The average molecular weight is 271 g/mol. The predicted octanol–water partition coefficient (Wildman–Crippen LogP) is 1.97. The zero-order chi connectivity index (χ0) is 13.4. The maximum absolute atomic E-state index is 5.76. The van der Waals surface area contributed by atoms with E-state index in [0.29, 0.717) is 0 Å². The highest BCUT2D eigenvalue weighted by molar-refractivity contribution is 5.78. The van der Waals surface area contributed by atoms with Crippen LogP contribution < -0.4 is 4.90 Å². The van der Waals surface area contributed by atoms with Crippen LogP contribution in [0.3, 0.4) is 0 Å². The highest BCUT2D eigenvalue weighted by Gasteiger charge is 2.39. The van der Waals surface area contributed by atoms with Crippen LogP contribution in [0.5, 0.6) is 0 Å². The van der Waals surface area contributed by atoms with Gasteiger partial charge in [0.2, 0.25) is 0 Å². The summed E-state index contributed by atoms with van der Waals surface area (Å²) in [7, 11) is 0. The fourth-order valence-corrected chi connectivity index (χ4v) is 3.04. The topological polar surface area (TPSA) is 47.5 Å². The van der Waals surface area contributed by atoms with Crippen LogP contribution in [0.1, 0.15) is 12.8 Å². The minimum absolute atomic E-state index is 0.312. The molecule has 20 heavy (non-hydrogen) atoms. The Kier molecular flexibility index (Phi) is 2.82. The molecular formula is C15H17N3O2. The second kappa shape index (κ2) is 4.68. The third-order valence-corrected chi connectivity index (χ3v) is 4.16. The van der Waals surface area contributed by atoms with E-state index >= 15 is 0 Å². The minimum atomic E-state index is -0.312. The first kappa shape index (κ1) is 12.1. The lowest BCUT2D eigenvalue weighted by molar-refractivity contribution is -0.169. The van der Waals surface area contributed by atoms with Gasteiger partial charge in [-0.25, -0.2) is 0 Å². The lowest BCUT2D eigenvalue weighted by Gasteiger charge is -2.38. The summed E-state index contributed by atoms with van der Waals surface area (Å²) in [5.41, 5.74) is 3.08. The molecule has 2 aliphatic rings. The Hall–Kier alpha value is -1.72. The molecule has 2 aromatic rings. The summed E-state index contributed by atoms with van der Waals surface area (Å²) >= 11 is 0. The van der Waals surface area contributed by atoms with Crippen molar-refractivity contribution in [2.45, 2.75) is 18.6 Å². The molecule has 5 heteroatoms. The van der Waals surface area contributed by atoms with Gasteiger partial charge in [0, 0.05) is 44.0 Å². The Balaban J connectivity index is 1.55. The number of hydrogen-bond acceptors (Lipinski definition) is 5. The third-order valence-electron chi connectivity index (χ3n) is 4.16. The molecule has 1 aromatic carbocycles. The van der Waals surface area contributed by atoms with E-state index in [1.165, 1.54) is 5.69 Å². The van der Waals surface area contributed by atoms with E-state index in [1.54, 1.807) is 12.4 Å². The molecule has 0 aliphatic carbocycles. The van der Waals surface area contributed by atoms with E-state index in [2.05, 4.69) is 27.0 Å². The van der Waals surface area contributed by atoms with Crippen LogP contribution in [-0.2, 0) is 9.47 Å². The molecule has 1 spiro atoms. The Morgan fingerprint density at radius 1 is 0.950 bits per heavy atom. The molecule has 0 saturated carbocycles. The zero-order valence-electron chi connectivity index (χ0n) is 11.3. The van der Waals surface area contributed by atoms with Gasteiger partial charge >= 0.3 is 0 Å². The number of anilines is 1. The summed E-state index contributed by atoms with van der Waals surface area (Å²) in [6.45, 7) is 3.36. The van der Waals surface area contributed by atoms with Crippen LogP contribution in [0.2, 0.25) is 0 Å². The maximum Gasteiger partial charge on any atom is 0.171 e. The number of hydrogen-bond donors (Lipinski definition) is 0. The first-order valence-electron chi connectivity index (χ1n) is 7.08. The molecule has 1 aromatic heterocycles. The zero-order valence-corrected chi connectivity index (χ0v) is 11.3. The van der Waals surface area contributed by atoms with E-state index in [4.69, 9.17) is 9.47 Å². The molecule has 4 rings (SSSR count). The monoisotopic (exact) mass is 271 g/mol. The lowest BCUT2D eigenvalue weighted by Crippen LogP contribution is -2.45. The van der Waals surface area contributed by atoms with Crippen LogP contribution in [0, 0.1) is 0 Å². The van der Waals surface area contributed by atoms with Crippen molar-refractivity contribution in [3.63, 3.8) is 0 Å². The number of piperidine rings is 1. The van der Waals surface area contributed by atoms with Crippen LogP contribution in [0.4, 0.5) is 5.69 Å². The van der Waals surface area contributed by atoms with Crippen LogP contribution in [0.15, 0.2) is 30.6 Å². The van der Waals surface area contributed by atoms with Gasteiger partial charge in [-0.2, -0.15) is 0 Å². The molecule has 0 unspecified atom stereocenters. The van der Waals surface area contributed by atoms with Crippen LogP contribution >= 0.6 is 0 Å². The number of rotatable bonds is 1. The van der Waals surface area contributed by atoms with E-state index in [-0.39, 0.29) is 5.79 Å². The molecule has 3 heterocycles. The highest BCUT2D eigenvalue weighted by Crippen LogP contribution is 2.33. The molecule has 0 amide bonds. The van der Waals surface area contributed by atoms with E-state index < -0.39 is 0 Å². The standard InChI is InChI=1S/C15H17N3O2/c1-2-13-14(17-6-5-16-13)11-12(1)18-7-3-15(4-8-18)19-9-10-20-15/h1-2,5-6,11H,3-4,7-10H2. The number of nitrogens with zero attached hydrogens (tertiary/aromatic N) is 3. The third kappa shape index (κ3) is 2.03. The van der Waals surface area contributed by atoms with Crippen LogP contribution in [-0.4, -0.2) is 42.1 Å². The van der Waals surface area contributed by atoms with Crippen molar-refractivity contribution >= 4 is 16.7 Å². The fourth-order valence-electron chi connectivity index (χ4n) is 3.04. The SMILES string of the molecule is c1cnc2cc(N3CCC4(CC3)OCCO4)ccc2n1. The highest BCUT2D eigenvalue weighted by atomic mass is 16.7. The summed E-state index contributed by atoms with van der Waals surface area (Å²) < 4.78 is 11.5. The second-order valence-electron chi connectivity index (χ2n) is 5.32. The van der Waals surface area contributed by atoms with Gasteiger partial charge in [-0.1, -0.05) is 0 Å². The predicted molar refractivity (Wildman–Crippen MR) is 75.6 cm³/mol. The molecule has 0 radical (unpaired) electrons. The van der Waals surface area contributed by atoms with Crippen molar-refractivity contribution < 1.29 is 9.47 Å². The Morgan fingerprint density at radius 3 is 2.40 bits per heavy atom. The van der Waals surface area contributed by atoms with Gasteiger partial charge in [0.05, 0.1) is 24.2 Å². The van der Waals surface area contributed by atoms with Crippen molar-refractivity contribution in [3.05, 3.63) is 30.6 Å². The Bertz CT molecular complexity index is 615. The number of ether oxygens (including phenoxy) is 2. The fraction of sp³-hybridized carbons (Fsp3) is 0.467. The summed E-state index contributed by atoms with van der Waals surface area (Å²) in [5, 5.41) is 0. The summed E-state index contributed by atoms with van der Waals surface area (Å²) in [4.78, 5) is 11.0. The Labute approximate surface area is 117 Å². The first-order chi connectivity index (χ1) is 9.85. The van der Waals surface area contributed by atoms with Gasteiger partial charge in [0.15, 0.2) is 5.79 Å². The molecule has 2 aliphatic heterocycles. The maximum atomic E-state index is 5.76. The molecule has 0 bridgehead atoms. The summed E-state index contributed by atoms with van der Waals surface area (Å²) in [6.07, 6.45) is 5.30. The Morgan fingerprint density at radius 2 is 1.65 bits per heavy atom. The number of fused-ring (bicyclic) bond motifs is 1. The minimum Gasteiger partial charge on any atom is -0.371 e. The van der Waals surface area contributed by atoms with E-state index in [0.717, 1.165) is 50.2 Å². The van der Waals surface area contributed by atoms with Crippen LogP contribution in [0.25, 0.3) is 11.0 Å². The number of benzene rings is 1. The summed E-state index contributed by atoms with van der Waals surface area (Å²) in [5.74, 6) is -0.312. The van der Waals surface area contributed by atoms with E-state index in [1.807, 2.05) is 6.07 Å². The second-order valence-corrected chi connectivity index (χ2v) is 5.32. The lowest BCUT2D eigenvalue weighted by atomic mass is 10.0. The largest absolute Gasteiger partial charge is 0.371 e. The molecule has 0 N–H and O–H groups in total. The van der Waals surface area contributed by atoms with Crippen molar-refractivity contribution in [2.24, 2.45) is 0 Å².